The van der Waals surface area contributed by atoms with Crippen LogP contribution in [0.3, 0.4) is 0 Å². The third-order valence-corrected chi connectivity index (χ3v) is 5.36. The van der Waals surface area contributed by atoms with Gasteiger partial charge in [0.25, 0.3) is 5.91 Å². The van der Waals surface area contributed by atoms with E-state index < -0.39 is 15.7 Å². The van der Waals surface area contributed by atoms with Gasteiger partial charge in [0.05, 0.1) is 2.88 Å². The first-order valence-corrected chi connectivity index (χ1v) is 9.47. The van der Waals surface area contributed by atoms with Crippen LogP contribution in [0.2, 0.25) is 0 Å². The van der Waals surface area contributed by atoms with Gasteiger partial charge >= 0.3 is 0 Å². The molecule has 0 aliphatic heterocycles. The molecule has 0 unspecified atom stereocenters. The third-order valence-electron chi connectivity index (χ3n) is 2.46. The molecule has 20 heavy (non-hydrogen) atoms. The SMILES string of the molecule is CS(=O)(=O)c1ccc(C(=O)NCCc2ccc(I)s2)o1. The maximum Gasteiger partial charge on any atom is 0.287 e. The Morgan fingerprint density at radius 3 is 2.65 bits per heavy atom. The first-order valence-electron chi connectivity index (χ1n) is 5.68. The topological polar surface area (TPSA) is 76.4 Å². The molecule has 0 radical (unpaired) electrons. The van der Waals surface area contributed by atoms with Crippen LogP contribution in [0.1, 0.15) is 15.4 Å². The van der Waals surface area contributed by atoms with E-state index in [0.29, 0.717) is 6.54 Å². The number of rotatable bonds is 5. The van der Waals surface area contributed by atoms with Crippen molar-refractivity contribution in [1.29, 1.82) is 0 Å². The Morgan fingerprint density at radius 1 is 1.35 bits per heavy atom. The summed E-state index contributed by atoms with van der Waals surface area (Å²) in [4.78, 5) is 13.0. The Labute approximate surface area is 134 Å². The molecule has 0 spiro atoms. The van der Waals surface area contributed by atoms with Crippen LogP contribution >= 0.6 is 33.9 Å². The molecule has 2 aromatic rings. The molecular weight excluding hydrogens is 413 g/mol. The quantitative estimate of drug-likeness (QED) is 0.747. The number of sulfone groups is 1. The van der Waals surface area contributed by atoms with Crippen LogP contribution < -0.4 is 5.32 Å². The number of furan rings is 1. The van der Waals surface area contributed by atoms with Crippen molar-refractivity contribution in [1.82, 2.24) is 5.32 Å². The van der Waals surface area contributed by atoms with Gasteiger partial charge in [-0.05, 0) is 53.3 Å². The van der Waals surface area contributed by atoms with E-state index in [0.717, 1.165) is 12.7 Å². The summed E-state index contributed by atoms with van der Waals surface area (Å²) in [5.41, 5.74) is 0. The van der Waals surface area contributed by atoms with Gasteiger partial charge in [-0.1, -0.05) is 0 Å². The first-order chi connectivity index (χ1) is 9.36. The molecule has 0 atom stereocenters. The minimum atomic E-state index is -3.42. The zero-order valence-corrected chi connectivity index (χ0v) is 14.3. The van der Waals surface area contributed by atoms with Crippen LogP contribution in [0.15, 0.2) is 33.8 Å². The molecule has 0 aliphatic carbocycles. The van der Waals surface area contributed by atoms with Gasteiger partial charge in [-0.3, -0.25) is 4.79 Å². The van der Waals surface area contributed by atoms with Crippen LogP contribution in [0.25, 0.3) is 0 Å². The van der Waals surface area contributed by atoms with Crippen molar-refractivity contribution in [2.24, 2.45) is 0 Å². The van der Waals surface area contributed by atoms with Gasteiger partial charge in [-0.2, -0.15) is 0 Å². The van der Waals surface area contributed by atoms with Gasteiger partial charge in [0, 0.05) is 17.7 Å². The molecule has 108 valence electrons. The second-order valence-corrected chi connectivity index (χ2v) is 9.11. The van der Waals surface area contributed by atoms with Crippen LogP contribution in [-0.4, -0.2) is 27.1 Å². The molecule has 0 aliphatic rings. The number of carbonyl (C=O) groups is 1. The van der Waals surface area contributed by atoms with Crippen molar-refractivity contribution in [3.63, 3.8) is 0 Å². The molecule has 0 aromatic carbocycles. The lowest BCUT2D eigenvalue weighted by molar-refractivity contribution is 0.0921. The molecule has 0 fully saturated rings. The second kappa shape index (κ2) is 6.27. The zero-order chi connectivity index (χ0) is 14.8. The number of amides is 1. The van der Waals surface area contributed by atoms with Crippen molar-refractivity contribution < 1.29 is 17.6 Å². The Balaban J connectivity index is 1.90. The van der Waals surface area contributed by atoms with E-state index in [-0.39, 0.29) is 10.9 Å². The lowest BCUT2D eigenvalue weighted by Crippen LogP contribution is -2.25. The maximum absolute atomic E-state index is 11.8. The molecule has 0 bridgehead atoms. The highest BCUT2D eigenvalue weighted by Crippen LogP contribution is 2.18. The van der Waals surface area contributed by atoms with Crippen molar-refractivity contribution in [2.75, 3.05) is 12.8 Å². The number of hydrogen-bond acceptors (Lipinski definition) is 5. The predicted molar refractivity (Wildman–Crippen MR) is 84.9 cm³/mol. The highest BCUT2D eigenvalue weighted by Gasteiger charge is 2.16. The van der Waals surface area contributed by atoms with E-state index >= 15 is 0 Å². The molecule has 2 aromatic heterocycles. The van der Waals surface area contributed by atoms with Gasteiger partial charge in [-0.25, -0.2) is 8.42 Å². The highest BCUT2D eigenvalue weighted by atomic mass is 127. The standard InChI is InChI=1S/C12H12INO4S2/c1-20(16,17)11-5-3-9(18-11)12(15)14-7-6-8-2-4-10(13)19-8/h2-5H,6-7H2,1H3,(H,14,15). The summed E-state index contributed by atoms with van der Waals surface area (Å²) in [7, 11) is -3.42. The number of carbonyl (C=O) groups excluding carboxylic acids is 1. The van der Waals surface area contributed by atoms with E-state index in [4.69, 9.17) is 4.42 Å². The Kier molecular flexibility index (Phi) is 4.86. The van der Waals surface area contributed by atoms with E-state index in [1.165, 1.54) is 19.9 Å². The summed E-state index contributed by atoms with van der Waals surface area (Å²) in [5.74, 6) is -0.405. The van der Waals surface area contributed by atoms with Gasteiger partial charge < -0.3 is 9.73 Å². The van der Waals surface area contributed by atoms with Crippen molar-refractivity contribution in [2.45, 2.75) is 11.5 Å². The largest absolute Gasteiger partial charge is 0.440 e. The fraction of sp³-hybridized carbons (Fsp3) is 0.250. The van der Waals surface area contributed by atoms with E-state index in [1.54, 1.807) is 11.3 Å². The number of thiophene rings is 1. The Hall–Kier alpha value is -0.870. The normalized spacial score (nSPS) is 11.5. The summed E-state index contributed by atoms with van der Waals surface area (Å²) in [6.45, 7) is 0.477. The fourth-order valence-electron chi connectivity index (χ4n) is 1.51. The number of hydrogen-bond donors (Lipinski definition) is 1. The smallest absolute Gasteiger partial charge is 0.287 e. The summed E-state index contributed by atoms with van der Waals surface area (Å²) in [6.07, 6.45) is 1.77. The highest BCUT2D eigenvalue weighted by molar-refractivity contribution is 14.1. The molecule has 0 saturated carbocycles. The fourth-order valence-corrected chi connectivity index (χ4v) is 3.83. The molecule has 1 amide bonds. The van der Waals surface area contributed by atoms with Gasteiger partial charge in [0.2, 0.25) is 14.9 Å². The zero-order valence-electron chi connectivity index (χ0n) is 10.6. The van der Waals surface area contributed by atoms with Gasteiger partial charge in [0.1, 0.15) is 0 Å². The molecule has 2 heterocycles. The van der Waals surface area contributed by atoms with Crippen LogP contribution in [0.4, 0.5) is 0 Å². The van der Waals surface area contributed by atoms with E-state index in [1.807, 2.05) is 12.1 Å². The number of halogens is 1. The average Bonchev–Trinajstić information content (AvgIpc) is 2.97. The lowest BCUT2D eigenvalue weighted by atomic mass is 10.3. The van der Waals surface area contributed by atoms with Gasteiger partial charge in [0.15, 0.2) is 5.76 Å². The van der Waals surface area contributed by atoms with E-state index in [9.17, 15) is 13.2 Å². The van der Waals surface area contributed by atoms with Crippen molar-refractivity contribution in [3.05, 3.63) is 37.8 Å². The Bertz CT molecular complexity index is 717. The molecule has 8 heteroatoms. The summed E-state index contributed by atoms with van der Waals surface area (Å²) in [6, 6.07) is 6.69. The summed E-state index contributed by atoms with van der Waals surface area (Å²) in [5, 5.41) is 2.50. The first kappa shape index (κ1) is 15.5. The maximum atomic E-state index is 11.8. The van der Waals surface area contributed by atoms with Gasteiger partial charge in [-0.15, -0.1) is 11.3 Å². The molecular formula is C12H12INO4S2. The van der Waals surface area contributed by atoms with Crippen molar-refractivity contribution in [3.8, 4) is 0 Å². The molecule has 1 N–H and O–H groups in total. The summed E-state index contributed by atoms with van der Waals surface area (Å²) >= 11 is 3.92. The summed E-state index contributed by atoms with van der Waals surface area (Å²) < 4.78 is 28.7. The van der Waals surface area contributed by atoms with Crippen molar-refractivity contribution >= 4 is 49.7 Å². The minimum absolute atomic E-state index is 0.00573. The third kappa shape index (κ3) is 4.06. The minimum Gasteiger partial charge on any atom is -0.440 e. The number of nitrogens with one attached hydrogen (secondary N) is 1. The predicted octanol–water partition coefficient (Wildman–Crippen LogP) is 2.32. The van der Waals surface area contributed by atoms with E-state index in [2.05, 4.69) is 27.9 Å². The molecule has 2 rings (SSSR count). The monoisotopic (exact) mass is 425 g/mol. The van der Waals surface area contributed by atoms with Crippen LogP contribution in [0.5, 0.6) is 0 Å². The average molecular weight is 425 g/mol. The molecule has 0 saturated heterocycles. The van der Waals surface area contributed by atoms with Crippen LogP contribution in [0, 0.1) is 2.88 Å². The molecule has 5 nitrogen and oxygen atoms in total. The Morgan fingerprint density at radius 2 is 2.10 bits per heavy atom. The van der Waals surface area contributed by atoms with Crippen LogP contribution in [-0.2, 0) is 16.3 Å². The second-order valence-electron chi connectivity index (χ2n) is 4.10. The lowest BCUT2D eigenvalue weighted by Gasteiger charge is -2.01.